The predicted octanol–water partition coefficient (Wildman–Crippen LogP) is 2.71. The number of benzene rings is 1. The highest BCUT2D eigenvalue weighted by Gasteiger charge is 2.88. The lowest BCUT2D eigenvalue weighted by Crippen LogP contribution is -2.89. The Morgan fingerprint density at radius 2 is 2.03 bits per heavy atom. The summed E-state index contributed by atoms with van der Waals surface area (Å²) >= 11 is 0. The van der Waals surface area contributed by atoms with Gasteiger partial charge in [-0.2, -0.15) is 0 Å². The van der Waals surface area contributed by atoms with Gasteiger partial charge in [-0.05, 0) is 44.5 Å². The van der Waals surface area contributed by atoms with Crippen LogP contribution in [0, 0.1) is 10.8 Å². The molecule has 3 spiro atoms. The van der Waals surface area contributed by atoms with E-state index in [1.54, 1.807) is 7.11 Å². The molecule has 5 nitrogen and oxygen atoms in total. The molecule has 6 bridgehead atoms. The van der Waals surface area contributed by atoms with Crippen molar-refractivity contribution in [2.24, 2.45) is 10.8 Å². The highest BCUT2D eigenvalue weighted by atomic mass is 16.6. The molecule has 3 heterocycles. The van der Waals surface area contributed by atoms with Gasteiger partial charge >= 0.3 is 0 Å². The maximum absolute atomic E-state index is 7.14. The number of piperidine rings is 1. The summed E-state index contributed by atoms with van der Waals surface area (Å²) in [5.41, 5.74) is 1.52. The second kappa shape index (κ2) is 4.68. The summed E-state index contributed by atoms with van der Waals surface area (Å²) in [6.45, 7) is 4.70. The Labute approximate surface area is 171 Å². The normalized spacial score (nSPS) is 50.3. The van der Waals surface area contributed by atoms with Crippen LogP contribution in [-0.4, -0.2) is 63.2 Å². The summed E-state index contributed by atoms with van der Waals surface area (Å²) in [6, 6.07) is 4.83. The number of nitrogens with zero attached hydrogens (tertiary/aromatic N) is 1. The van der Waals surface area contributed by atoms with Crippen LogP contribution in [0.3, 0.4) is 0 Å². The Hall–Kier alpha value is -1.56. The van der Waals surface area contributed by atoms with Gasteiger partial charge in [-0.1, -0.05) is 25.1 Å². The van der Waals surface area contributed by atoms with Gasteiger partial charge in [0.2, 0.25) is 0 Å². The van der Waals surface area contributed by atoms with E-state index in [-0.39, 0.29) is 16.2 Å². The second-order valence-electron chi connectivity index (χ2n) is 10.5. The average molecular weight is 395 g/mol. The fraction of sp³-hybridized carbons (Fsp3) is 0.667. The van der Waals surface area contributed by atoms with Crippen molar-refractivity contribution in [3.05, 3.63) is 35.4 Å². The lowest BCUT2D eigenvalue weighted by Gasteiger charge is -2.78. The third kappa shape index (κ3) is 1.34. The van der Waals surface area contributed by atoms with Crippen LogP contribution in [0.15, 0.2) is 24.3 Å². The first-order valence-corrected chi connectivity index (χ1v) is 10.9. The molecule has 8 rings (SSSR count). The molecule has 0 amide bonds. The van der Waals surface area contributed by atoms with E-state index in [9.17, 15) is 0 Å². The van der Waals surface area contributed by atoms with Crippen LogP contribution in [0.2, 0.25) is 0 Å². The first kappa shape index (κ1) is 17.2. The fourth-order valence-electron chi connectivity index (χ4n) is 9.02. The van der Waals surface area contributed by atoms with Crippen LogP contribution in [0.1, 0.15) is 30.9 Å². The molecular formula is C24H29NO4. The Balaban J connectivity index is 1.67. The van der Waals surface area contributed by atoms with Crippen LogP contribution < -0.4 is 9.47 Å². The Bertz CT molecular complexity index is 991. The minimum absolute atomic E-state index is 0.0312. The number of likely N-dealkylation sites (tertiary alicyclic amines) is 1. The number of likely N-dealkylation sites (N-methyl/N-ethyl adjacent to an activating group) is 1. The smallest absolute Gasteiger partial charge is 0.176 e. The van der Waals surface area contributed by atoms with Crippen molar-refractivity contribution in [2.45, 2.75) is 48.8 Å². The van der Waals surface area contributed by atoms with E-state index in [1.165, 1.54) is 11.1 Å². The summed E-state index contributed by atoms with van der Waals surface area (Å²) < 4.78 is 25.8. The SMILES string of the molecule is COc1ccc2c3c1O[C@@]14COC[C@]5(C)C[C@]6(C=C[C@@]51OC)[C@@H](C2)N(C)CC[C@]346. The van der Waals surface area contributed by atoms with Crippen molar-refractivity contribution in [1.82, 2.24) is 4.90 Å². The highest BCUT2D eigenvalue weighted by Crippen LogP contribution is 2.81. The lowest BCUT2D eigenvalue weighted by molar-refractivity contribution is -0.341. The molecule has 1 saturated carbocycles. The molecule has 0 N–H and O–H groups in total. The first-order chi connectivity index (χ1) is 13.9. The van der Waals surface area contributed by atoms with Gasteiger partial charge in [-0.25, -0.2) is 0 Å². The van der Waals surface area contributed by atoms with Crippen molar-refractivity contribution in [1.29, 1.82) is 0 Å². The zero-order chi connectivity index (χ0) is 19.9. The van der Waals surface area contributed by atoms with Crippen LogP contribution in [0.5, 0.6) is 11.5 Å². The predicted molar refractivity (Wildman–Crippen MR) is 108 cm³/mol. The van der Waals surface area contributed by atoms with Crippen molar-refractivity contribution in [2.75, 3.05) is 41.0 Å². The van der Waals surface area contributed by atoms with E-state index in [0.29, 0.717) is 19.3 Å². The average Bonchev–Trinajstić information content (AvgIpc) is 3.01. The minimum atomic E-state index is -0.555. The van der Waals surface area contributed by atoms with Crippen LogP contribution in [-0.2, 0) is 21.3 Å². The van der Waals surface area contributed by atoms with E-state index in [1.807, 2.05) is 7.11 Å². The topological polar surface area (TPSA) is 40.2 Å². The number of hydrogen-bond acceptors (Lipinski definition) is 5. The number of methoxy groups -OCH3 is 2. The summed E-state index contributed by atoms with van der Waals surface area (Å²) in [7, 11) is 5.92. The summed E-state index contributed by atoms with van der Waals surface area (Å²) in [4.78, 5) is 2.60. The molecule has 0 aromatic heterocycles. The van der Waals surface area contributed by atoms with E-state index in [0.717, 1.165) is 37.3 Å². The molecule has 3 fully saturated rings. The number of rotatable bonds is 2. The second-order valence-corrected chi connectivity index (χ2v) is 10.5. The Morgan fingerprint density at radius 3 is 2.83 bits per heavy atom. The largest absolute Gasteiger partial charge is 0.493 e. The van der Waals surface area contributed by atoms with Crippen LogP contribution >= 0.6 is 0 Å². The molecule has 5 heteroatoms. The van der Waals surface area contributed by atoms with Crippen molar-refractivity contribution in [3.8, 4) is 11.5 Å². The van der Waals surface area contributed by atoms with Crippen LogP contribution in [0.25, 0.3) is 0 Å². The summed E-state index contributed by atoms with van der Waals surface area (Å²) in [5.74, 6) is 1.78. The standard InChI is InChI=1S/C24H29NO4/c1-20-12-21-7-8-23(20,27-4)24(14-28-13-20)22(21)9-10-25(2)17(21)11-15-5-6-16(26-3)19(29-24)18(15)22/h5-8,17H,9-14H2,1-4H3/t17-,20+,21-,22-,23-,24-/m1/s1. The molecule has 0 radical (unpaired) electrons. The Morgan fingerprint density at radius 1 is 1.17 bits per heavy atom. The zero-order valence-electron chi connectivity index (χ0n) is 17.7. The summed E-state index contributed by atoms with van der Waals surface area (Å²) in [5, 5.41) is 0. The fourth-order valence-corrected chi connectivity index (χ4v) is 9.02. The van der Waals surface area contributed by atoms with E-state index < -0.39 is 11.2 Å². The number of ether oxygens (including phenoxy) is 4. The van der Waals surface area contributed by atoms with Gasteiger partial charge in [0.1, 0.15) is 5.60 Å². The zero-order valence-corrected chi connectivity index (χ0v) is 17.7. The number of hydrogen-bond donors (Lipinski definition) is 0. The molecule has 29 heavy (non-hydrogen) atoms. The van der Waals surface area contributed by atoms with Crippen molar-refractivity contribution < 1.29 is 18.9 Å². The molecule has 7 aliphatic rings. The molecule has 2 saturated heterocycles. The van der Waals surface area contributed by atoms with Crippen molar-refractivity contribution >= 4 is 0 Å². The molecule has 154 valence electrons. The van der Waals surface area contributed by atoms with Gasteiger partial charge < -0.3 is 23.8 Å². The lowest BCUT2D eigenvalue weighted by atomic mass is 9.30. The van der Waals surface area contributed by atoms with Crippen LogP contribution in [0.4, 0.5) is 0 Å². The quantitative estimate of drug-likeness (QED) is 0.720. The monoisotopic (exact) mass is 395 g/mol. The molecular weight excluding hydrogens is 366 g/mol. The van der Waals surface area contributed by atoms with Gasteiger partial charge in [0.05, 0.1) is 25.7 Å². The van der Waals surface area contributed by atoms with Gasteiger partial charge in [0, 0.05) is 29.5 Å². The van der Waals surface area contributed by atoms with Gasteiger partial charge in [-0.15, -0.1) is 0 Å². The molecule has 3 aliphatic heterocycles. The molecule has 4 aliphatic carbocycles. The van der Waals surface area contributed by atoms with Gasteiger partial charge in [-0.3, -0.25) is 0 Å². The van der Waals surface area contributed by atoms with E-state index >= 15 is 0 Å². The van der Waals surface area contributed by atoms with E-state index in [4.69, 9.17) is 18.9 Å². The Kier molecular flexibility index (Phi) is 2.77. The maximum Gasteiger partial charge on any atom is 0.176 e. The molecule has 1 aromatic rings. The third-order valence-electron chi connectivity index (χ3n) is 9.84. The van der Waals surface area contributed by atoms with E-state index in [2.05, 4.69) is 43.2 Å². The first-order valence-electron chi connectivity index (χ1n) is 10.9. The molecule has 0 unspecified atom stereocenters. The summed E-state index contributed by atoms with van der Waals surface area (Å²) in [6.07, 6.45) is 8.09. The third-order valence-corrected chi connectivity index (χ3v) is 9.84. The van der Waals surface area contributed by atoms with Crippen molar-refractivity contribution in [3.63, 3.8) is 0 Å². The molecule has 6 atom stereocenters. The molecule has 1 aromatic carbocycles. The minimum Gasteiger partial charge on any atom is -0.493 e. The highest BCUT2D eigenvalue weighted by molar-refractivity contribution is 5.68. The van der Waals surface area contributed by atoms with Gasteiger partial charge in [0.15, 0.2) is 17.1 Å². The maximum atomic E-state index is 7.14. The van der Waals surface area contributed by atoms with Gasteiger partial charge in [0.25, 0.3) is 0 Å².